The first-order chi connectivity index (χ1) is 22.7. The number of hydrogen-bond donors (Lipinski definition) is 3. The van der Waals surface area contributed by atoms with E-state index >= 15 is 0 Å². The lowest BCUT2D eigenvalue weighted by molar-refractivity contribution is -0.129. The van der Waals surface area contributed by atoms with Crippen LogP contribution in [-0.4, -0.2) is 94.6 Å². The molecule has 0 radical (unpaired) electrons. The Labute approximate surface area is 276 Å². The molecule has 47 heavy (non-hydrogen) atoms. The van der Waals surface area contributed by atoms with E-state index in [0.717, 1.165) is 68.2 Å². The van der Waals surface area contributed by atoms with Gasteiger partial charge in [-0.25, -0.2) is 9.97 Å². The van der Waals surface area contributed by atoms with Crippen LogP contribution in [0.3, 0.4) is 0 Å². The number of carbonyl (C=O) groups is 2. The SMILES string of the molecule is CC(=O)N1CCC(Nc2cc(C(=O)NCC(O)CN3CCc4cc(OCc5ocnc5C)ccc4C3)cc(N(C)C3CCC3)n2)CC1. The molecule has 12 nitrogen and oxygen atoms in total. The van der Waals surface area contributed by atoms with Gasteiger partial charge in [-0.15, -0.1) is 0 Å². The van der Waals surface area contributed by atoms with Crippen LogP contribution in [0.25, 0.3) is 0 Å². The minimum absolute atomic E-state index is 0.104. The number of piperidine rings is 1. The van der Waals surface area contributed by atoms with E-state index in [4.69, 9.17) is 14.1 Å². The van der Waals surface area contributed by atoms with Crippen molar-refractivity contribution in [1.82, 2.24) is 25.1 Å². The minimum atomic E-state index is -0.712. The molecule has 252 valence electrons. The van der Waals surface area contributed by atoms with Crippen molar-refractivity contribution in [3.8, 4) is 5.75 Å². The second kappa shape index (κ2) is 14.7. The highest BCUT2D eigenvalue weighted by Gasteiger charge is 2.26. The second-order valence-corrected chi connectivity index (χ2v) is 13.1. The highest BCUT2D eigenvalue weighted by molar-refractivity contribution is 5.95. The summed E-state index contributed by atoms with van der Waals surface area (Å²) in [5.74, 6) is 2.81. The van der Waals surface area contributed by atoms with E-state index in [1.807, 2.05) is 31.0 Å². The third kappa shape index (κ3) is 8.23. The van der Waals surface area contributed by atoms with Gasteiger partial charge in [-0.1, -0.05) is 6.07 Å². The van der Waals surface area contributed by atoms with Crippen LogP contribution in [0.15, 0.2) is 41.1 Å². The summed E-state index contributed by atoms with van der Waals surface area (Å²) in [6, 6.07) is 10.4. The van der Waals surface area contributed by atoms with Crippen LogP contribution in [0.1, 0.15) is 72.0 Å². The molecule has 6 rings (SSSR count). The predicted molar refractivity (Wildman–Crippen MR) is 179 cm³/mol. The first-order valence-electron chi connectivity index (χ1n) is 16.8. The monoisotopic (exact) mass is 645 g/mol. The Balaban J connectivity index is 1.02. The van der Waals surface area contributed by atoms with Crippen molar-refractivity contribution in [2.75, 3.05) is 50.0 Å². The Bertz CT molecular complexity index is 1550. The molecule has 1 unspecified atom stereocenters. The summed E-state index contributed by atoms with van der Waals surface area (Å²) in [5.41, 5.74) is 3.80. The van der Waals surface area contributed by atoms with Crippen LogP contribution in [0, 0.1) is 6.92 Å². The fourth-order valence-corrected chi connectivity index (χ4v) is 6.53. The lowest BCUT2D eigenvalue weighted by Gasteiger charge is -2.36. The molecule has 3 N–H and O–H groups in total. The summed E-state index contributed by atoms with van der Waals surface area (Å²) in [6.07, 6.45) is 6.67. The summed E-state index contributed by atoms with van der Waals surface area (Å²) in [5, 5.41) is 17.4. The largest absolute Gasteiger partial charge is 0.486 e. The number of hydrogen-bond acceptors (Lipinski definition) is 10. The maximum absolute atomic E-state index is 13.4. The van der Waals surface area contributed by atoms with E-state index in [1.54, 1.807) is 13.0 Å². The average Bonchev–Trinajstić information content (AvgIpc) is 3.46. The van der Waals surface area contributed by atoms with E-state index in [2.05, 4.69) is 37.6 Å². The number of amides is 2. The number of aliphatic hydroxyl groups excluding tert-OH is 1. The number of nitrogens with zero attached hydrogens (tertiary/aromatic N) is 5. The van der Waals surface area contributed by atoms with Gasteiger partial charge in [-0.2, -0.15) is 0 Å². The third-order valence-corrected chi connectivity index (χ3v) is 9.80. The number of anilines is 2. The van der Waals surface area contributed by atoms with Gasteiger partial charge in [0.2, 0.25) is 5.91 Å². The van der Waals surface area contributed by atoms with Crippen molar-refractivity contribution in [1.29, 1.82) is 0 Å². The summed E-state index contributed by atoms with van der Waals surface area (Å²) in [7, 11) is 2.04. The zero-order chi connectivity index (χ0) is 32.9. The van der Waals surface area contributed by atoms with Gasteiger partial charge in [0.25, 0.3) is 5.91 Å². The highest BCUT2D eigenvalue weighted by atomic mass is 16.5. The molecule has 2 aliphatic heterocycles. The molecule has 12 heteroatoms. The molecule has 0 bridgehead atoms. The highest BCUT2D eigenvalue weighted by Crippen LogP contribution is 2.29. The molecular formula is C35H47N7O5. The van der Waals surface area contributed by atoms with Gasteiger partial charge in [-0.3, -0.25) is 14.5 Å². The average molecular weight is 646 g/mol. The lowest BCUT2D eigenvalue weighted by atomic mass is 9.92. The first-order valence-corrected chi connectivity index (χ1v) is 16.8. The van der Waals surface area contributed by atoms with Crippen LogP contribution >= 0.6 is 0 Å². The number of aryl methyl sites for hydroxylation is 1. The molecule has 1 saturated carbocycles. The number of likely N-dealkylation sites (tertiary alicyclic amines) is 1. The number of carbonyl (C=O) groups excluding carboxylic acids is 2. The number of aliphatic hydroxyl groups is 1. The normalized spacial score (nSPS) is 17.8. The zero-order valence-electron chi connectivity index (χ0n) is 27.7. The summed E-state index contributed by atoms with van der Waals surface area (Å²) in [6.45, 7) is 7.41. The lowest BCUT2D eigenvalue weighted by Crippen LogP contribution is -2.42. The van der Waals surface area contributed by atoms with Crippen molar-refractivity contribution in [3.05, 3.63) is 64.9 Å². The zero-order valence-corrected chi connectivity index (χ0v) is 27.7. The van der Waals surface area contributed by atoms with Crippen LogP contribution in [0.2, 0.25) is 0 Å². The number of aromatic nitrogens is 2. The molecule has 1 saturated heterocycles. The van der Waals surface area contributed by atoms with Crippen molar-refractivity contribution in [2.24, 2.45) is 0 Å². The Hall–Kier alpha value is -4.16. The fourth-order valence-electron chi connectivity index (χ4n) is 6.53. The minimum Gasteiger partial charge on any atom is -0.486 e. The van der Waals surface area contributed by atoms with E-state index in [-0.39, 0.29) is 24.4 Å². The quantitative estimate of drug-likeness (QED) is 0.269. The second-order valence-electron chi connectivity index (χ2n) is 13.1. The third-order valence-electron chi connectivity index (χ3n) is 9.80. The van der Waals surface area contributed by atoms with Gasteiger partial charge >= 0.3 is 0 Å². The molecule has 2 fully saturated rings. The molecule has 3 aromatic rings. The molecule has 1 atom stereocenters. The van der Waals surface area contributed by atoms with Gasteiger partial charge in [0.1, 0.15) is 24.0 Å². The van der Waals surface area contributed by atoms with Crippen LogP contribution in [0.5, 0.6) is 5.75 Å². The smallest absolute Gasteiger partial charge is 0.251 e. The summed E-state index contributed by atoms with van der Waals surface area (Å²) >= 11 is 0. The Kier molecular flexibility index (Phi) is 10.3. The summed E-state index contributed by atoms with van der Waals surface area (Å²) < 4.78 is 11.3. The van der Waals surface area contributed by atoms with Crippen LogP contribution < -0.4 is 20.3 Å². The number of rotatable bonds is 12. The van der Waals surface area contributed by atoms with Crippen molar-refractivity contribution >= 4 is 23.5 Å². The number of ether oxygens (including phenoxy) is 1. The fraction of sp³-hybridized carbons (Fsp3) is 0.543. The maximum Gasteiger partial charge on any atom is 0.251 e. The van der Waals surface area contributed by atoms with Gasteiger partial charge in [-0.05, 0) is 80.8 Å². The first kappa shape index (κ1) is 32.8. The van der Waals surface area contributed by atoms with Gasteiger partial charge in [0.05, 0.1) is 11.8 Å². The van der Waals surface area contributed by atoms with E-state index in [1.165, 1.54) is 23.9 Å². The summed E-state index contributed by atoms with van der Waals surface area (Å²) in [4.78, 5) is 40.4. The standard InChI is InChI=1S/C35H47N7O5/c1-23-32(47-22-37-23)21-46-31-8-7-26-19-41(12-9-25(26)15-31)20-30(44)18-36-35(45)27-16-33(38-28-10-13-42(14-11-28)24(2)43)39-34(17-27)40(3)29-5-4-6-29/h7-8,15-17,22,28-30,44H,4-6,9-14,18-21H2,1-3H3,(H,36,45)(H,38,39). The van der Waals surface area contributed by atoms with Crippen molar-refractivity contribution < 1.29 is 23.8 Å². The van der Waals surface area contributed by atoms with Gasteiger partial charge in [0.15, 0.2) is 12.2 Å². The number of pyridine rings is 1. The van der Waals surface area contributed by atoms with E-state index in [9.17, 15) is 14.7 Å². The molecule has 2 amide bonds. The molecule has 2 aromatic heterocycles. The molecule has 3 aliphatic rings. The molecule has 0 spiro atoms. The number of nitrogens with one attached hydrogen (secondary N) is 2. The van der Waals surface area contributed by atoms with E-state index in [0.29, 0.717) is 43.7 Å². The molecule has 1 aliphatic carbocycles. The van der Waals surface area contributed by atoms with Crippen LogP contribution in [-0.2, 0) is 24.4 Å². The molecule has 4 heterocycles. The maximum atomic E-state index is 13.4. The Morgan fingerprint density at radius 3 is 2.64 bits per heavy atom. The molecule has 1 aromatic carbocycles. The van der Waals surface area contributed by atoms with Crippen LogP contribution in [0.4, 0.5) is 11.6 Å². The van der Waals surface area contributed by atoms with Crippen molar-refractivity contribution in [3.63, 3.8) is 0 Å². The Morgan fingerprint density at radius 1 is 1.13 bits per heavy atom. The number of benzene rings is 1. The van der Waals surface area contributed by atoms with Crippen molar-refractivity contribution in [2.45, 2.75) is 83.7 Å². The number of β-amino-alcohol motifs (C(OH)–C–C–N with tert-alkyl or cyclic N) is 1. The van der Waals surface area contributed by atoms with Gasteiger partial charge in [0, 0.05) is 70.9 Å². The molecular weight excluding hydrogens is 598 g/mol. The number of fused-ring (bicyclic) bond motifs is 1. The topological polar surface area (TPSA) is 136 Å². The van der Waals surface area contributed by atoms with E-state index < -0.39 is 6.10 Å². The Morgan fingerprint density at radius 2 is 1.94 bits per heavy atom. The van der Waals surface area contributed by atoms with Gasteiger partial charge < -0.3 is 34.7 Å². The number of oxazole rings is 1. The predicted octanol–water partition coefficient (Wildman–Crippen LogP) is 3.52.